The molecule has 0 saturated carbocycles. The average Bonchev–Trinajstić information content (AvgIpc) is 1.88. The topological polar surface area (TPSA) is 74.6 Å². The average molecular weight is 165 g/mol. The molecule has 5 heteroatoms. The van der Waals surface area contributed by atoms with Crippen LogP contribution in [0.4, 0.5) is 0 Å². The van der Waals surface area contributed by atoms with Crippen LogP contribution < -0.4 is 0 Å². The standard InChI is InChI=1S/C5H9O4P/c1-2-4(5(7)8)10(9)3-6/h4,6H,2-3H2,1H3/p+1. The molecule has 10 heavy (non-hydrogen) atoms. The molecule has 2 atom stereocenters. The molecule has 2 unspecified atom stereocenters. The monoisotopic (exact) mass is 165 g/mol. The third-order valence-electron chi connectivity index (χ3n) is 1.16. The maximum absolute atomic E-state index is 10.7. The first-order valence-corrected chi connectivity index (χ1v) is 4.42. The molecule has 0 saturated heterocycles. The van der Waals surface area contributed by atoms with E-state index in [2.05, 4.69) is 0 Å². The summed E-state index contributed by atoms with van der Waals surface area (Å²) in [5.74, 6) is -1.10. The van der Waals surface area contributed by atoms with E-state index in [1.165, 1.54) is 0 Å². The Balaban J connectivity index is 4.06. The van der Waals surface area contributed by atoms with E-state index in [9.17, 15) is 9.36 Å². The second kappa shape index (κ2) is 4.36. The van der Waals surface area contributed by atoms with Gasteiger partial charge in [0.25, 0.3) is 5.66 Å². The van der Waals surface area contributed by atoms with Crippen molar-refractivity contribution in [3.63, 3.8) is 0 Å². The quantitative estimate of drug-likeness (QED) is 0.599. The van der Waals surface area contributed by atoms with Crippen LogP contribution in [0, 0.1) is 0 Å². The fourth-order valence-corrected chi connectivity index (χ4v) is 1.45. The minimum Gasteiger partial charge on any atom is -0.478 e. The summed E-state index contributed by atoms with van der Waals surface area (Å²) in [6.45, 7) is 1.63. The first-order chi connectivity index (χ1) is 4.63. The predicted octanol–water partition coefficient (Wildman–Crippen LogP) is 0.627. The molecule has 0 rings (SSSR count). The summed E-state index contributed by atoms with van der Waals surface area (Å²) in [5, 5.41) is 16.7. The van der Waals surface area contributed by atoms with Gasteiger partial charge in [-0.25, -0.2) is 4.79 Å². The fourth-order valence-electron chi connectivity index (χ4n) is 0.600. The molecule has 58 valence electrons. The van der Waals surface area contributed by atoms with Gasteiger partial charge in [0.2, 0.25) is 6.35 Å². The van der Waals surface area contributed by atoms with Crippen molar-refractivity contribution in [2.75, 3.05) is 6.35 Å². The van der Waals surface area contributed by atoms with Crippen molar-refractivity contribution in [2.24, 2.45) is 0 Å². The number of aliphatic hydroxyl groups excluding tert-OH is 1. The largest absolute Gasteiger partial charge is 0.478 e. The Labute approximate surface area is 59.7 Å². The van der Waals surface area contributed by atoms with Gasteiger partial charge in [-0.2, -0.15) is 0 Å². The Hall–Kier alpha value is -0.470. The van der Waals surface area contributed by atoms with Crippen LogP contribution in [0.1, 0.15) is 13.3 Å². The van der Waals surface area contributed by atoms with Crippen molar-refractivity contribution < 1.29 is 19.6 Å². The van der Waals surface area contributed by atoms with Crippen molar-refractivity contribution in [3.8, 4) is 0 Å². The zero-order chi connectivity index (χ0) is 8.15. The van der Waals surface area contributed by atoms with Crippen LogP contribution in [0.25, 0.3) is 0 Å². The van der Waals surface area contributed by atoms with E-state index >= 15 is 0 Å². The molecule has 0 aliphatic rings. The first-order valence-electron chi connectivity index (χ1n) is 2.90. The van der Waals surface area contributed by atoms with Crippen LogP contribution in [0.15, 0.2) is 0 Å². The number of aliphatic hydroxyl groups is 1. The Kier molecular flexibility index (Phi) is 4.16. The van der Waals surface area contributed by atoms with Gasteiger partial charge in [-0.1, -0.05) is 11.5 Å². The molecule has 0 aliphatic carbocycles. The molecular formula is C5H10O4P+. The molecule has 0 aliphatic heterocycles. The minimum absolute atomic E-state index is 0.297. The number of carbonyl (C=O) groups is 1. The van der Waals surface area contributed by atoms with Gasteiger partial charge >= 0.3 is 13.8 Å². The number of carboxylic acid groups (broad SMARTS) is 1. The zero-order valence-electron chi connectivity index (χ0n) is 5.65. The first kappa shape index (κ1) is 9.53. The van der Waals surface area contributed by atoms with E-state index in [0.29, 0.717) is 6.42 Å². The van der Waals surface area contributed by atoms with E-state index in [1.807, 2.05) is 0 Å². The molecule has 0 bridgehead atoms. The van der Waals surface area contributed by atoms with Crippen LogP contribution in [0.2, 0.25) is 0 Å². The molecule has 0 aromatic carbocycles. The highest BCUT2D eigenvalue weighted by atomic mass is 31.1. The Morgan fingerprint density at radius 3 is 2.30 bits per heavy atom. The highest BCUT2D eigenvalue weighted by Gasteiger charge is 2.34. The molecule has 0 radical (unpaired) electrons. The maximum Gasteiger partial charge on any atom is 0.381 e. The van der Waals surface area contributed by atoms with E-state index in [0.717, 1.165) is 0 Å². The lowest BCUT2D eigenvalue weighted by molar-refractivity contribution is -0.136. The van der Waals surface area contributed by atoms with Crippen LogP contribution in [-0.2, 0) is 9.36 Å². The van der Waals surface area contributed by atoms with E-state index in [1.54, 1.807) is 6.92 Å². The van der Waals surface area contributed by atoms with Gasteiger partial charge in [0.05, 0.1) is 0 Å². The lowest BCUT2D eigenvalue weighted by atomic mass is 10.3. The minimum atomic E-state index is -1.98. The molecule has 4 nitrogen and oxygen atoms in total. The van der Waals surface area contributed by atoms with Crippen molar-refractivity contribution in [2.45, 2.75) is 19.0 Å². The van der Waals surface area contributed by atoms with Crippen LogP contribution in [0.3, 0.4) is 0 Å². The lowest BCUT2D eigenvalue weighted by Crippen LogP contribution is -2.15. The Morgan fingerprint density at radius 2 is 2.20 bits per heavy atom. The summed E-state index contributed by atoms with van der Waals surface area (Å²) in [6, 6.07) is 0. The second-order valence-corrected chi connectivity index (χ2v) is 3.56. The van der Waals surface area contributed by atoms with Gasteiger partial charge in [0.1, 0.15) is 0 Å². The Bertz CT molecular complexity index is 145. The zero-order valence-corrected chi connectivity index (χ0v) is 6.54. The van der Waals surface area contributed by atoms with Crippen LogP contribution in [-0.4, -0.2) is 28.2 Å². The van der Waals surface area contributed by atoms with Crippen molar-refractivity contribution in [3.05, 3.63) is 0 Å². The highest BCUT2D eigenvalue weighted by molar-refractivity contribution is 7.46. The highest BCUT2D eigenvalue weighted by Crippen LogP contribution is 2.28. The smallest absolute Gasteiger partial charge is 0.381 e. The van der Waals surface area contributed by atoms with Crippen molar-refractivity contribution in [1.29, 1.82) is 0 Å². The van der Waals surface area contributed by atoms with E-state index in [-0.39, 0.29) is 0 Å². The van der Waals surface area contributed by atoms with Crippen LogP contribution in [0.5, 0.6) is 0 Å². The molecule has 0 aromatic heterocycles. The molecule has 0 heterocycles. The predicted molar refractivity (Wildman–Crippen MR) is 36.4 cm³/mol. The van der Waals surface area contributed by atoms with Gasteiger partial charge in [0, 0.05) is 6.42 Å². The molecular weight excluding hydrogens is 155 g/mol. The van der Waals surface area contributed by atoms with Gasteiger partial charge in [-0.15, -0.1) is 0 Å². The summed E-state index contributed by atoms with van der Waals surface area (Å²) < 4.78 is 10.7. The summed E-state index contributed by atoms with van der Waals surface area (Å²) in [7, 11) is -1.98. The maximum atomic E-state index is 10.7. The van der Waals surface area contributed by atoms with Crippen molar-refractivity contribution in [1.82, 2.24) is 0 Å². The number of hydrogen-bond donors (Lipinski definition) is 2. The van der Waals surface area contributed by atoms with Crippen molar-refractivity contribution >= 4 is 13.8 Å². The Morgan fingerprint density at radius 1 is 1.70 bits per heavy atom. The SMILES string of the molecule is CCC(C(=O)O)[P+](=O)CO. The number of hydrogen-bond acceptors (Lipinski definition) is 3. The molecule has 2 N–H and O–H groups in total. The summed E-state index contributed by atoms with van der Waals surface area (Å²) in [5.41, 5.74) is -0.889. The third kappa shape index (κ3) is 2.42. The van der Waals surface area contributed by atoms with Crippen LogP contribution >= 0.6 is 7.80 Å². The summed E-state index contributed by atoms with van der Waals surface area (Å²) in [6.07, 6.45) is -0.245. The summed E-state index contributed by atoms with van der Waals surface area (Å²) in [4.78, 5) is 10.2. The summed E-state index contributed by atoms with van der Waals surface area (Å²) >= 11 is 0. The van der Waals surface area contributed by atoms with E-state index in [4.69, 9.17) is 10.2 Å². The number of rotatable bonds is 4. The normalized spacial score (nSPS) is 14.4. The lowest BCUT2D eigenvalue weighted by Gasteiger charge is -1.93. The molecule has 0 aromatic rings. The molecule has 0 spiro atoms. The van der Waals surface area contributed by atoms with Gasteiger partial charge in [0.15, 0.2) is 0 Å². The van der Waals surface area contributed by atoms with Gasteiger partial charge in [-0.05, 0) is 0 Å². The fraction of sp³-hybridized carbons (Fsp3) is 0.800. The number of aliphatic carboxylic acids is 1. The van der Waals surface area contributed by atoms with Gasteiger partial charge in [-0.3, -0.25) is 0 Å². The molecule has 0 amide bonds. The number of carboxylic acids is 1. The van der Waals surface area contributed by atoms with E-state index < -0.39 is 25.8 Å². The third-order valence-corrected chi connectivity index (χ3v) is 2.72. The second-order valence-electron chi connectivity index (χ2n) is 1.82. The van der Waals surface area contributed by atoms with Gasteiger partial charge < -0.3 is 10.2 Å². The molecule has 0 fully saturated rings.